The minimum absolute atomic E-state index is 0.533. The molecule has 1 unspecified atom stereocenters. The molecule has 0 aromatic rings. The number of ketones is 1. The summed E-state index contributed by atoms with van der Waals surface area (Å²) in [4.78, 5) is 23.9. The molecule has 0 spiro atoms. The molecule has 12 heavy (non-hydrogen) atoms. The molecule has 5 nitrogen and oxygen atoms in total. The molecule has 1 heterocycles. The Balaban J connectivity index is 3.11. The first-order valence-electron chi connectivity index (χ1n) is 2.93. The predicted molar refractivity (Wildman–Crippen MR) is 35.7 cm³/mol. The van der Waals surface area contributed by atoms with E-state index < -0.39 is 29.4 Å². The molecule has 2 N–H and O–H groups in total. The van der Waals surface area contributed by atoms with Gasteiger partial charge in [0.2, 0.25) is 12.0 Å². The normalized spacial score (nSPS) is 23.1. The third kappa shape index (κ3) is 1.18. The number of aliphatic imine (C=N–C) groups is 1. The Bertz CT molecular complexity index is 307. The highest BCUT2D eigenvalue weighted by Crippen LogP contribution is 2.13. The number of carbonyl (C=O) groups excluding carboxylic acids is 1. The second-order valence-electron chi connectivity index (χ2n) is 2.05. The zero-order valence-corrected chi connectivity index (χ0v) is 5.69. The Kier molecular flexibility index (Phi) is 1.90. The van der Waals surface area contributed by atoms with Crippen LogP contribution in [0.5, 0.6) is 0 Å². The van der Waals surface area contributed by atoms with Crippen molar-refractivity contribution in [2.45, 2.75) is 6.17 Å². The number of aliphatic carboxylic acids is 1. The van der Waals surface area contributed by atoms with Crippen molar-refractivity contribution >= 4 is 18.0 Å². The van der Waals surface area contributed by atoms with Crippen molar-refractivity contribution in [1.29, 1.82) is 0 Å². The Hall–Kier alpha value is -1.72. The van der Waals surface area contributed by atoms with Crippen LogP contribution in [0.4, 0.5) is 4.39 Å². The molecule has 0 radical (unpaired) electrons. The number of hydrogen-bond acceptors (Lipinski definition) is 4. The number of carboxylic acids is 1. The van der Waals surface area contributed by atoms with E-state index in [1.165, 1.54) is 0 Å². The number of alkyl halides is 1. The molecule has 64 valence electrons. The van der Waals surface area contributed by atoms with Gasteiger partial charge in [-0.15, -0.1) is 0 Å². The van der Waals surface area contributed by atoms with Gasteiger partial charge in [-0.1, -0.05) is 0 Å². The van der Waals surface area contributed by atoms with Crippen LogP contribution < -0.4 is 0 Å². The van der Waals surface area contributed by atoms with Gasteiger partial charge in [0.15, 0.2) is 11.5 Å². The zero-order chi connectivity index (χ0) is 9.30. The van der Waals surface area contributed by atoms with E-state index in [4.69, 9.17) is 10.2 Å². The monoisotopic (exact) mass is 173 g/mol. The molecule has 0 bridgehead atoms. The van der Waals surface area contributed by atoms with Crippen LogP contribution in [0, 0.1) is 0 Å². The molecule has 0 aromatic carbocycles. The molecule has 1 atom stereocenters. The first-order chi connectivity index (χ1) is 5.54. The number of rotatable bonds is 1. The van der Waals surface area contributed by atoms with Crippen LogP contribution in [0.25, 0.3) is 0 Å². The summed E-state index contributed by atoms with van der Waals surface area (Å²) in [7, 11) is 0. The maximum absolute atomic E-state index is 12.4. The minimum Gasteiger partial charge on any atom is -0.503 e. The Morgan fingerprint density at radius 3 is 2.75 bits per heavy atom. The van der Waals surface area contributed by atoms with Gasteiger partial charge >= 0.3 is 5.97 Å². The lowest BCUT2D eigenvalue weighted by molar-refractivity contribution is -0.133. The molecule has 1 aliphatic rings. The number of nitrogens with zero attached hydrogens (tertiary/aromatic N) is 1. The lowest BCUT2D eigenvalue weighted by atomic mass is 10.1. The second kappa shape index (κ2) is 2.72. The quantitative estimate of drug-likeness (QED) is 0.576. The first-order valence-corrected chi connectivity index (χ1v) is 2.93. The summed E-state index contributed by atoms with van der Waals surface area (Å²) >= 11 is 0. The van der Waals surface area contributed by atoms with Crippen molar-refractivity contribution in [2.75, 3.05) is 0 Å². The van der Waals surface area contributed by atoms with Crippen molar-refractivity contribution in [3.8, 4) is 0 Å². The number of hydrogen-bond donors (Lipinski definition) is 2. The van der Waals surface area contributed by atoms with Crippen molar-refractivity contribution < 1.29 is 24.2 Å². The largest absolute Gasteiger partial charge is 0.503 e. The molecule has 0 aliphatic carbocycles. The van der Waals surface area contributed by atoms with Gasteiger partial charge in [-0.2, -0.15) is 0 Å². The molecule has 1 rings (SSSR count). The fraction of sp³-hybridized carbons (Fsp3) is 0.167. The van der Waals surface area contributed by atoms with Crippen LogP contribution in [0.15, 0.2) is 16.4 Å². The average Bonchev–Trinajstić information content (AvgIpc) is 2.00. The fourth-order valence-corrected chi connectivity index (χ4v) is 0.673. The number of halogens is 1. The highest BCUT2D eigenvalue weighted by Gasteiger charge is 2.29. The lowest BCUT2D eigenvalue weighted by Crippen LogP contribution is -2.25. The Morgan fingerprint density at radius 2 is 2.25 bits per heavy atom. The SMILES string of the molecule is O=C(O)C1=C(O)C(=O)C(F)C=N1. The van der Waals surface area contributed by atoms with Crippen LogP contribution in [0.3, 0.4) is 0 Å². The van der Waals surface area contributed by atoms with Crippen LogP contribution in [0.2, 0.25) is 0 Å². The average molecular weight is 173 g/mol. The molecular formula is C6H4FNO4. The summed E-state index contributed by atoms with van der Waals surface area (Å²) in [6, 6.07) is 0. The topological polar surface area (TPSA) is 87.0 Å². The zero-order valence-electron chi connectivity index (χ0n) is 5.69. The van der Waals surface area contributed by atoms with Crippen molar-refractivity contribution in [3.05, 3.63) is 11.5 Å². The number of Topliss-reactive ketones (excluding diaryl/α,β-unsaturated/α-hetero) is 1. The first kappa shape index (κ1) is 8.38. The van der Waals surface area contributed by atoms with Gasteiger partial charge in [0.1, 0.15) is 0 Å². The van der Waals surface area contributed by atoms with Crippen molar-refractivity contribution in [2.24, 2.45) is 4.99 Å². The molecule has 1 aliphatic heterocycles. The molecule has 0 saturated carbocycles. The molecule has 0 amide bonds. The summed E-state index contributed by atoms with van der Waals surface area (Å²) in [5.74, 6) is -3.98. The molecule has 6 heteroatoms. The predicted octanol–water partition coefficient (Wildman–Crippen LogP) is -0.168. The van der Waals surface area contributed by atoms with E-state index in [-0.39, 0.29) is 0 Å². The van der Waals surface area contributed by atoms with Crippen LogP contribution in [-0.4, -0.2) is 34.4 Å². The fourth-order valence-electron chi connectivity index (χ4n) is 0.673. The highest BCUT2D eigenvalue weighted by atomic mass is 19.1. The van der Waals surface area contributed by atoms with Gasteiger partial charge in [-0.05, 0) is 0 Å². The molecule has 0 saturated heterocycles. The second-order valence-corrected chi connectivity index (χ2v) is 2.05. The van der Waals surface area contributed by atoms with Gasteiger partial charge in [0, 0.05) is 6.21 Å². The molecular weight excluding hydrogens is 169 g/mol. The minimum atomic E-state index is -2.05. The van der Waals surface area contributed by atoms with Crippen molar-refractivity contribution in [1.82, 2.24) is 0 Å². The molecule has 0 fully saturated rings. The van der Waals surface area contributed by atoms with Gasteiger partial charge in [-0.3, -0.25) is 4.79 Å². The summed E-state index contributed by atoms with van der Waals surface area (Å²) in [6.07, 6.45) is -1.51. The maximum Gasteiger partial charge on any atom is 0.358 e. The number of allylic oxidation sites excluding steroid dienone is 1. The third-order valence-electron chi connectivity index (χ3n) is 1.25. The van der Waals surface area contributed by atoms with Crippen LogP contribution in [0.1, 0.15) is 0 Å². The van der Waals surface area contributed by atoms with Gasteiger partial charge in [0.05, 0.1) is 0 Å². The van der Waals surface area contributed by atoms with E-state index in [1.54, 1.807) is 0 Å². The van der Waals surface area contributed by atoms with E-state index in [1.807, 2.05) is 0 Å². The van der Waals surface area contributed by atoms with Crippen LogP contribution in [-0.2, 0) is 9.59 Å². The number of aliphatic hydroxyl groups excluding tert-OH is 1. The standard InChI is InChI=1S/C6H4FNO4/c7-2-1-8-3(6(11)12)5(10)4(2)9/h1-2,10H,(H,11,12). The number of carboxylic acid groups (broad SMARTS) is 1. The summed E-state index contributed by atoms with van der Waals surface area (Å²) in [5, 5.41) is 17.1. The van der Waals surface area contributed by atoms with Crippen molar-refractivity contribution in [3.63, 3.8) is 0 Å². The molecule has 0 aromatic heterocycles. The van der Waals surface area contributed by atoms with E-state index in [0.717, 1.165) is 0 Å². The lowest BCUT2D eigenvalue weighted by Gasteiger charge is -2.07. The summed E-state index contributed by atoms with van der Waals surface area (Å²) in [5.41, 5.74) is -0.825. The van der Waals surface area contributed by atoms with E-state index >= 15 is 0 Å². The third-order valence-corrected chi connectivity index (χ3v) is 1.25. The van der Waals surface area contributed by atoms with Gasteiger partial charge in [-0.25, -0.2) is 14.2 Å². The smallest absolute Gasteiger partial charge is 0.358 e. The Morgan fingerprint density at radius 1 is 1.67 bits per heavy atom. The maximum atomic E-state index is 12.4. The Labute approximate surface area is 65.8 Å². The van der Waals surface area contributed by atoms with E-state index in [0.29, 0.717) is 6.21 Å². The van der Waals surface area contributed by atoms with E-state index in [2.05, 4.69) is 4.99 Å². The summed E-state index contributed by atoms with van der Waals surface area (Å²) in [6.45, 7) is 0. The summed E-state index contributed by atoms with van der Waals surface area (Å²) < 4.78 is 12.4. The highest BCUT2D eigenvalue weighted by molar-refractivity contribution is 6.13. The number of aliphatic hydroxyl groups is 1. The van der Waals surface area contributed by atoms with Crippen LogP contribution >= 0.6 is 0 Å². The number of carbonyl (C=O) groups is 2. The van der Waals surface area contributed by atoms with Gasteiger partial charge < -0.3 is 10.2 Å². The van der Waals surface area contributed by atoms with Gasteiger partial charge in [0.25, 0.3) is 0 Å². The van der Waals surface area contributed by atoms with E-state index in [9.17, 15) is 14.0 Å².